The Balaban J connectivity index is 0.000000396. The molecular formula is C10H11BO2. The number of esters is 1. The molecule has 2 radical (unpaired) electrons. The first-order valence-corrected chi connectivity index (χ1v) is 4.33. The topological polar surface area (TPSA) is 26.3 Å². The minimum absolute atomic E-state index is 0.250. The second-order valence-electron chi connectivity index (χ2n) is 2.49. The molecule has 0 fully saturated rings. The van der Waals surface area contributed by atoms with E-state index in [0.29, 0.717) is 17.6 Å². The molecule has 0 N–H and O–H groups in total. The summed E-state index contributed by atoms with van der Waals surface area (Å²) in [6, 6.07) is 5.16. The molecule has 0 saturated heterocycles. The molecule has 0 atom stereocenters. The number of rotatable bonds is 0. The van der Waals surface area contributed by atoms with Gasteiger partial charge in [-0.1, -0.05) is 31.4 Å². The molecule has 0 spiro atoms. The predicted molar refractivity (Wildman–Crippen MR) is 52.3 cm³/mol. The Morgan fingerprint density at radius 2 is 2.08 bits per heavy atom. The minimum Gasteiger partial charge on any atom is -0.457 e. The van der Waals surface area contributed by atoms with Crippen LogP contribution in [0.4, 0.5) is 0 Å². The second kappa shape index (κ2) is 4.12. The number of hydrogen-bond donors (Lipinski definition) is 0. The van der Waals surface area contributed by atoms with E-state index in [-0.39, 0.29) is 5.97 Å². The van der Waals surface area contributed by atoms with Crippen molar-refractivity contribution < 1.29 is 9.53 Å². The van der Waals surface area contributed by atoms with E-state index in [1.165, 1.54) is 0 Å². The molecule has 3 heteroatoms. The minimum atomic E-state index is -0.250. The zero-order chi connectivity index (χ0) is 9.84. The quantitative estimate of drug-likeness (QED) is 0.436. The summed E-state index contributed by atoms with van der Waals surface area (Å²) < 4.78 is 4.78. The number of hydrogen-bond acceptors (Lipinski definition) is 2. The number of carbonyl (C=O) groups excluding carboxylic acids is 1. The van der Waals surface area contributed by atoms with E-state index in [1.54, 1.807) is 18.2 Å². The van der Waals surface area contributed by atoms with Crippen LogP contribution in [-0.4, -0.2) is 13.8 Å². The zero-order valence-corrected chi connectivity index (χ0v) is 7.83. The fourth-order valence-corrected chi connectivity index (χ4v) is 1.15. The Morgan fingerprint density at radius 1 is 1.38 bits per heavy atom. The summed E-state index contributed by atoms with van der Waals surface area (Å²) in [5, 5.41) is 0. The maximum absolute atomic E-state index is 10.9. The van der Waals surface area contributed by atoms with Crippen LogP contribution in [0.2, 0.25) is 0 Å². The fraction of sp³-hybridized carbons (Fsp3) is 0.300. The van der Waals surface area contributed by atoms with E-state index in [0.717, 1.165) is 5.56 Å². The normalized spacial score (nSPS) is 12.6. The van der Waals surface area contributed by atoms with Crippen LogP contribution < -0.4 is 5.46 Å². The smallest absolute Gasteiger partial charge is 0.338 e. The van der Waals surface area contributed by atoms with Gasteiger partial charge in [-0.25, -0.2) is 4.79 Å². The molecule has 0 amide bonds. The average Bonchev–Trinajstić information content (AvgIpc) is 2.51. The summed E-state index contributed by atoms with van der Waals surface area (Å²) in [5.74, 6) is -0.250. The van der Waals surface area contributed by atoms with Crippen molar-refractivity contribution in [2.75, 3.05) is 0 Å². The van der Waals surface area contributed by atoms with Crippen LogP contribution in [0.15, 0.2) is 18.2 Å². The van der Waals surface area contributed by atoms with Crippen LogP contribution in [0, 0.1) is 0 Å². The van der Waals surface area contributed by atoms with Crippen molar-refractivity contribution in [1.82, 2.24) is 0 Å². The average molecular weight is 174 g/mol. The largest absolute Gasteiger partial charge is 0.457 e. The molecule has 0 aromatic heterocycles. The third-order valence-electron chi connectivity index (χ3n) is 1.71. The standard InChI is InChI=1S/C8H5BO2.C2H6/c9-6-1-2-7-5(3-6)4-11-8(7)10;1-2/h1-3H,4H2;1-2H3. The molecule has 13 heavy (non-hydrogen) atoms. The lowest BCUT2D eigenvalue weighted by atomic mass is 9.93. The highest BCUT2D eigenvalue weighted by molar-refractivity contribution is 6.32. The molecule has 2 rings (SSSR count). The van der Waals surface area contributed by atoms with Gasteiger partial charge >= 0.3 is 5.97 Å². The SMILES string of the molecule is CC.[B]c1ccc2c(c1)COC2=O. The molecule has 0 unspecified atom stereocenters. The Kier molecular flexibility index (Phi) is 3.12. The lowest BCUT2D eigenvalue weighted by Crippen LogP contribution is -2.03. The van der Waals surface area contributed by atoms with Crippen molar-refractivity contribution in [1.29, 1.82) is 0 Å². The maximum Gasteiger partial charge on any atom is 0.338 e. The summed E-state index contributed by atoms with van der Waals surface area (Å²) in [6.07, 6.45) is 0. The third kappa shape index (κ3) is 1.91. The van der Waals surface area contributed by atoms with Gasteiger partial charge in [0, 0.05) is 5.56 Å². The van der Waals surface area contributed by atoms with Gasteiger partial charge in [0.2, 0.25) is 0 Å². The summed E-state index contributed by atoms with van der Waals surface area (Å²) in [7, 11) is 5.51. The highest BCUT2D eigenvalue weighted by Gasteiger charge is 2.19. The number of ether oxygens (including phenoxy) is 1. The Labute approximate surface area is 79.3 Å². The third-order valence-corrected chi connectivity index (χ3v) is 1.71. The van der Waals surface area contributed by atoms with Crippen LogP contribution in [-0.2, 0) is 11.3 Å². The zero-order valence-electron chi connectivity index (χ0n) is 7.83. The first-order chi connectivity index (χ1) is 6.27. The van der Waals surface area contributed by atoms with Gasteiger partial charge in [-0.3, -0.25) is 0 Å². The van der Waals surface area contributed by atoms with Gasteiger partial charge in [-0.05, 0) is 6.07 Å². The molecule has 1 heterocycles. The number of benzene rings is 1. The van der Waals surface area contributed by atoms with Crippen LogP contribution >= 0.6 is 0 Å². The van der Waals surface area contributed by atoms with Gasteiger partial charge in [0.25, 0.3) is 0 Å². The van der Waals surface area contributed by atoms with Gasteiger partial charge < -0.3 is 4.74 Å². The monoisotopic (exact) mass is 174 g/mol. The molecule has 1 aromatic carbocycles. The van der Waals surface area contributed by atoms with E-state index in [9.17, 15) is 4.79 Å². The number of carbonyl (C=O) groups is 1. The van der Waals surface area contributed by atoms with Gasteiger partial charge in [0.05, 0.1) is 5.56 Å². The van der Waals surface area contributed by atoms with E-state index in [1.807, 2.05) is 13.8 Å². The summed E-state index contributed by atoms with van der Waals surface area (Å²) in [6.45, 7) is 4.36. The molecule has 66 valence electrons. The van der Waals surface area contributed by atoms with E-state index in [2.05, 4.69) is 0 Å². The highest BCUT2D eigenvalue weighted by atomic mass is 16.5. The summed E-state index contributed by atoms with van der Waals surface area (Å²) in [4.78, 5) is 10.9. The molecule has 2 nitrogen and oxygen atoms in total. The van der Waals surface area contributed by atoms with Crippen LogP contribution in [0.1, 0.15) is 29.8 Å². The van der Waals surface area contributed by atoms with Crippen LogP contribution in [0.25, 0.3) is 0 Å². The fourth-order valence-electron chi connectivity index (χ4n) is 1.15. The van der Waals surface area contributed by atoms with E-state index < -0.39 is 0 Å². The van der Waals surface area contributed by atoms with Crippen molar-refractivity contribution in [2.24, 2.45) is 0 Å². The van der Waals surface area contributed by atoms with Gasteiger partial charge in [0.1, 0.15) is 14.5 Å². The van der Waals surface area contributed by atoms with Crippen molar-refractivity contribution in [3.63, 3.8) is 0 Å². The lowest BCUT2D eigenvalue weighted by molar-refractivity contribution is 0.0535. The maximum atomic E-state index is 10.9. The first-order valence-electron chi connectivity index (χ1n) is 4.33. The van der Waals surface area contributed by atoms with E-state index in [4.69, 9.17) is 12.6 Å². The first kappa shape index (κ1) is 9.84. The Morgan fingerprint density at radius 3 is 2.77 bits per heavy atom. The molecule has 0 saturated carbocycles. The van der Waals surface area contributed by atoms with Crippen molar-refractivity contribution in [3.05, 3.63) is 29.3 Å². The molecular weight excluding hydrogens is 163 g/mol. The summed E-state index contributed by atoms with van der Waals surface area (Å²) in [5.41, 5.74) is 2.19. The van der Waals surface area contributed by atoms with Crippen molar-refractivity contribution >= 4 is 19.3 Å². The predicted octanol–water partition coefficient (Wildman–Crippen LogP) is 1.18. The molecule has 1 aliphatic heterocycles. The summed E-state index contributed by atoms with van der Waals surface area (Å²) >= 11 is 0. The van der Waals surface area contributed by atoms with Gasteiger partial charge in [0.15, 0.2) is 0 Å². The van der Waals surface area contributed by atoms with Gasteiger partial charge in [-0.15, -0.1) is 0 Å². The van der Waals surface area contributed by atoms with Crippen molar-refractivity contribution in [3.8, 4) is 0 Å². The highest BCUT2D eigenvalue weighted by Crippen LogP contribution is 2.17. The Hall–Kier alpha value is -1.25. The molecule has 0 bridgehead atoms. The number of cyclic esters (lactones) is 1. The van der Waals surface area contributed by atoms with Crippen LogP contribution in [0.3, 0.4) is 0 Å². The molecule has 1 aliphatic rings. The van der Waals surface area contributed by atoms with Crippen LogP contribution in [0.5, 0.6) is 0 Å². The Bertz CT molecular complexity index is 321. The lowest BCUT2D eigenvalue weighted by Gasteiger charge is -1.94. The molecule has 1 aromatic rings. The van der Waals surface area contributed by atoms with Crippen molar-refractivity contribution in [2.45, 2.75) is 20.5 Å². The van der Waals surface area contributed by atoms with E-state index >= 15 is 0 Å². The van der Waals surface area contributed by atoms with Gasteiger partial charge in [-0.2, -0.15) is 0 Å². The molecule has 0 aliphatic carbocycles. The number of fused-ring (bicyclic) bond motifs is 1. The second-order valence-corrected chi connectivity index (χ2v) is 2.49.